The first-order chi connectivity index (χ1) is 12.9. The van der Waals surface area contributed by atoms with E-state index in [9.17, 15) is 9.90 Å². The zero-order chi connectivity index (χ0) is 20.4. The molecular formula is C23H32ClKN2O2. The summed E-state index contributed by atoms with van der Waals surface area (Å²) in [6, 6.07) is 10.4. The zero-order valence-electron chi connectivity index (χ0n) is 17.2. The number of urea groups is 1. The summed E-state index contributed by atoms with van der Waals surface area (Å²) < 4.78 is 0. The zero-order valence-corrected chi connectivity index (χ0v) is 21.0. The maximum Gasteiger partial charge on any atom is 1.00 e. The van der Waals surface area contributed by atoms with Gasteiger partial charge in [-0.1, -0.05) is 70.5 Å². The Morgan fingerprint density at radius 1 is 1.07 bits per heavy atom. The second-order valence-corrected chi connectivity index (χ2v) is 7.37. The molecule has 0 aliphatic heterocycles. The summed E-state index contributed by atoms with van der Waals surface area (Å²) in [4.78, 5) is 12.4. The van der Waals surface area contributed by atoms with E-state index in [4.69, 9.17) is 11.6 Å². The van der Waals surface area contributed by atoms with Gasteiger partial charge in [-0.2, -0.15) is 0 Å². The maximum absolute atomic E-state index is 12.4. The Balaban J connectivity index is 0. The topological polar surface area (TPSA) is 64.2 Å². The van der Waals surface area contributed by atoms with Crippen LogP contribution in [0.25, 0.3) is 10.8 Å². The Kier molecular flexibility index (Phi) is 17.0. The third-order valence-corrected chi connectivity index (χ3v) is 4.83. The van der Waals surface area contributed by atoms with Crippen LogP contribution in [0, 0.1) is 24.7 Å². The van der Waals surface area contributed by atoms with Gasteiger partial charge in [0.05, 0.1) is 5.69 Å². The van der Waals surface area contributed by atoms with Crippen LogP contribution in [0.2, 0.25) is 5.02 Å². The second-order valence-electron chi connectivity index (χ2n) is 6.96. The summed E-state index contributed by atoms with van der Waals surface area (Å²) in [6.45, 7) is 6.01. The summed E-state index contributed by atoms with van der Waals surface area (Å²) in [7, 11) is 0. The van der Waals surface area contributed by atoms with Gasteiger partial charge in [0.2, 0.25) is 0 Å². The number of fused-ring (bicyclic) bond motifs is 1. The minimum atomic E-state index is -0.377. The molecule has 0 saturated heterocycles. The number of terminal acetylenes is 1. The Hall–Kier alpha value is -0.584. The molecule has 154 valence electrons. The van der Waals surface area contributed by atoms with E-state index in [0.717, 1.165) is 23.6 Å². The Bertz CT molecular complexity index is 765. The molecule has 0 spiro atoms. The number of halogens is 1. The molecule has 0 fully saturated rings. The van der Waals surface area contributed by atoms with Crippen molar-refractivity contribution in [1.29, 1.82) is 0 Å². The van der Waals surface area contributed by atoms with Crippen molar-refractivity contribution in [2.75, 3.05) is 11.9 Å². The van der Waals surface area contributed by atoms with Crippen molar-refractivity contribution in [3.63, 3.8) is 0 Å². The van der Waals surface area contributed by atoms with E-state index in [1.165, 1.54) is 0 Å². The van der Waals surface area contributed by atoms with Crippen molar-refractivity contribution in [3.05, 3.63) is 41.4 Å². The van der Waals surface area contributed by atoms with Crippen LogP contribution in [0.5, 0.6) is 0 Å². The number of nitrogens with one attached hydrogen (secondary N) is 2. The fraction of sp³-hybridized carbons (Fsp3) is 0.435. The van der Waals surface area contributed by atoms with Crippen LogP contribution in [0.15, 0.2) is 36.4 Å². The molecule has 2 aromatic carbocycles. The van der Waals surface area contributed by atoms with Gasteiger partial charge in [0.1, 0.15) is 0 Å². The summed E-state index contributed by atoms with van der Waals surface area (Å²) in [5, 5.41) is 19.6. The average Bonchev–Trinajstić information content (AvgIpc) is 2.68. The molecule has 0 aromatic heterocycles. The largest absolute Gasteiger partial charge is 1.00 e. The molecule has 0 saturated carbocycles. The number of carbonyl (C=O) groups excluding carboxylic acids is 1. The minimum Gasteiger partial charge on any atom is -0.853 e. The van der Waals surface area contributed by atoms with E-state index in [1.54, 1.807) is 12.1 Å². The third-order valence-electron chi connectivity index (χ3n) is 4.50. The molecule has 0 bridgehead atoms. The van der Waals surface area contributed by atoms with Crippen molar-refractivity contribution in [2.24, 2.45) is 11.8 Å². The predicted molar refractivity (Wildman–Crippen MR) is 120 cm³/mol. The number of hydrogen-bond donors (Lipinski definition) is 2. The first kappa shape index (κ1) is 30.6. The smallest absolute Gasteiger partial charge is 0.853 e. The van der Waals surface area contributed by atoms with Crippen LogP contribution >= 0.6 is 11.6 Å². The Morgan fingerprint density at radius 3 is 2.21 bits per heavy atom. The van der Waals surface area contributed by atoms with Crippen molar-refractivity contribution in [2.45, 2.75) is 47.1 Å². The molecule has 2 N–H and O–H groups in total. The minimum absolute atomic E-state index is 0. The van der Waals surface area contributed by atoms with Crippen LogP contribution in [-0.4, -0.2) is 18.7 Å². The van der Waals surface area contributed by atoms with Crippen molar-refractivity contribution >= 4 is 34.1 Å². The summed E-state index contributed by atoms with van der Waals surface area (Å²) in [5.74, 6) is 0.733. The third kappa shape index (κ3) is 9.84. The molecule has 2 atom stereocenters. The monoisotopic (exact) mass is 442 g/mol. The number of amides is 2. The molecule has 2 rings (SSSR count). The first-order valence-corrected chi connectivity index (χ1v) is 9.46. The number of benzene rings is 2. The molecule has 2 aromatic rings. The molecule has 2 amide bonds. The standard InChI is InChI=1S/C20H26ClN2O2.C2H2.CH4.K/c1-13(2)8-9-14(3)19(12-24)23-20(25)22-18-11-10-17(21)15-6-4-5-7-16(15)18;1-2;;/h4-7,10-11,13-14,19H,8-9,12H2,1-3H3,(H2,22,23,25);1-2H;1H4;/q-1;;;+1/t14?,19-;;;/m0.../s1. The molecule has 1 unspecified atom stereocenters. The summed E-state index contributed by atoms with van der Waals surface area (Å²) >= 11 is 6.20. The molecule has 6 heteroatoms. The van der Waals surface area contributed by atoms with Crippen molar-refractivity contribution in [1.82, 2.24) is 5.32 Å². The van der Waals surface area contributed by atoms with Crippen LogP contribution < -0.4 is 67.1 Å². The molecule has 4 nitrogen and oxygen atoms in total. The molecule has 0 aliphatic carbocycles. The van der Waals surface area contributed by atoms with Crippen LogP contribution in [0.1, 0.15) is 41.0 Å². The van der Waals surface area contributed by atoms with E-state index in [-0.39, 0.29) is 83.4 Å². The number of hydrogen-bond acceptors (Lipinski definition) is 2. The number of carbonyl (C=O) groups is 1. The fourth-order valence-corrected chi connectivity index (χ4v) is 3.07. The molecule has 0 radical (unpaired) electrons. The predicted octanol–water partition coefficient (Wildman–Crippen LogP) is 2.31. The van der Waals surface area contributed by atoms with E-state index in [2.05, 4.69) is 37.3 Å². The van der Waals surface area contributed by atoms with Crippen molar-refractivity contribution < 1.29 is 61.3 Å². The number of rotatable bonds is 7. The molecule has 29 heavy (non-hydrogen) atoms. The maximum atomic E-state index is 12.4. The van der Waals surface area contributed by atoms with E-state index in [0.29, 0.717) is 16.6 Å². The Morgan fingerprint density at radius 2 is 1.66 bits per heavy atom. The van der Waals surface area contributed by atoms with Gasteiger partial charge in [-0.25, -0.2) is 4.79 Å². The fourth-order valence-electron chi connectivity index (χ4n) is 2.84. The van der Waals surface area contributed by atoms with Crippen LogP contribution in [-0.2, 0) is 0 Å². The van der Waals surface area contributed by atoms with E-state index >= 15 is 0 Å². The van der Waals surface area contributed by atoms with E-state index in [1.807, 2.05) is 31.2 Å². The van der Waals surface area contributed by atoms with Gasteiger partial charge in [0.25, 0.3) is 0 Å². The Labute approximate surface area is 223 Å². The molecular weight excluding hydrogens is 411 g/mol. The second kappa shape index (κ2) is 16.2. The van der Waals surface area contributed by atoms with Crippen molar-refractivity contribution in [3.8, 4) is 12.8 Å². The SMILES string of the molecule is C.C#C.CC(C)CCC(C)[C@H](C[O-])NC(=O)Nc1ccc(Cl)c2ccccc12.[K+]. The van der Waals surface area contributed by atoms with Gasteiger partial charge in [0, 0.05) is 21.8 Å². The van der Waals surface area contributed by atoms with Gasteiger partial charge in [-0.05, 0) is 30.4 Å². The average molecular weight is 443 g/mol. The number of anilines is 1. The van der Waals surface area contributed by atoms with Gasteiger partial charge in [-0.15, -0.1) is 19.5 Å². The summed E-state index contributed by atoms with van der Waals surface area (Å²) in [6.07, 6.45) is 9.97. The first-order valence-electron chi connectivity index (χ1n) is 9.08. The van der Waals surface area contributed by atoms with E-state index < -0.39 is 0 Å². The van der Waals surface area contributed by atoms with Gasteiger partial charge < -0.3 is 15.7 Å². The molecule has 0 aliphatic rings. The van der Waals surface area contributed by atoms with Crippen LogP contribution in [0.4, 0.5) is 10.5 Å². The van der Waals surface area contributed by atoms with Crippen LogP contribution in [0.3, 0.4) is 0 Å². The van der Waals surface area contributed by atoms with Gasteiger partial charge >= 0.3 is 57.4 Å². The normalized spacial score (nSPS) is 11.9. The quantitative estimate of drug-likeness (QED) is 0.510. The molecule has 0 heterocycles. The summed E-state index contributed by atoms with van der Waals surface area (Å²) in [5.41, 5.74) is 0.678. The van der Waals surface area contributed by atoms with Gasteiger partial charge in [-0.3, -0.25) is 0 Å². The van der Waals surface area contributed by atoms with Gasteiger partial charge in [0.15, 0.2) is 0 Å².